The minimum atomic E-state index is 0.389. The van der Waals surface area contributed by atoms with Gasteiger partial charge in [0.2, 0.25) is 0 Å². The first-order chi connectivity index (χ1) is 13.6. The zero-order valence-electron chi connectivity index (χ0n) is 17.1. The van der Waals surface area contributed by atoms with Gasteiger partial charge in [-0.25, -0.2) is 4.98 Å². The highest BCUT2D eigenvalue weighted by Gasteiger charge is 2.11. The van der Waals surface area contributed by atoms with Crippen LogP contribution in [-0.4, -0.2) is 35.6 Å². The van der Waals surface area contributed by atoms with E-state index in [1.54, 1.807) is 0 Å². The molecule has 28 heavy (non-hydrogen) atoms. The third-order valence-electron chi connectivity index (χ3n) is 5.25. The van der Waals surface area contributed by atoms with Crippen LogP contribution in [0.2, 0.25) is 5.02 Å². The van der Waals surface area contributed by atoms with Crippen molar-refractivity contribution in [1.29, 1.82) is 0 Å². The van der Waals surface area contributed by atoms with Crippen LogP contribution in [0.5, 0.6) is 0 Å². The van der Waals surface area contributed by atoms with E-state index in [0.29, 0.717) is 11.1 Å². The van der Waals surface area contributed by atoms with E-state index in [0.717, 1.165) is 53.9 Å². The van der Waals surface area contributed by atoms with Crippen molar-refractivity contribution in [1.82, 2.24) is 9.88 Å². The van der Waals surface area contributed by atoms with Crippen LogP contribution < -0.4 is 5.32 Å². The molecule has 1 atom stereocenters. The van der Waals surface area contributed by atoms with Crippen molar-refractivity contribution < 1.29 is 0 Å². The van der Waals surface area contributed by atoms with Crippen molar-refractivity contribution in [2.45, 2.75) is 39.7 Å². The molecule has 0 aliphatic heterocycles. The van der Waals surface area contributed by atoms with Crippen molar-refractivity contribution in [3.8, 4) is 11.3 Å². The van der Waals surface area contributed by atoms with E-state index in [4.69, 9.17) is 16.6 Å². The number of aromatic nitrogens is 1. The first-order valence-electron chi connectivity index (χ1n) is 10.2. The lowest BCUT2D eigenvalue weighted by Crippen LogP contribution is -2.25. The number of fused-ring (bicyclic) bond motifs is 1. The first-order valence-corrected chi connectivity index (χ1v) is 10.6. The molecule has 0 saturated carbocycles. The second-order valence-electron chi connectivity index (χ2n) is 7.30. The van der Waals surface area contributed by atoms with Crippen LogP contribution >= 0.6 is 11.6 Å². The maximum Gasteiger partial charge on any atom is 0.0745 e. The monoisotopic (exact) mass is 395 g/mol. The van der Waals surface area contributed by atoms with Gasteiger partial charge in [-0.15, -0.1) is 0 Å². The zero-order valence-corrected chi connectivity index (χ0v) is 17.8. The topological polar surface area (TPSA) is 28.2 Å². The third-order valence-corrected chi connectivity index (χ3v) is 5.48. The molecule has 4 heteroatoms. The Morgan fingerprint density at radius 3 is 2.50 bits per heavy atom. The highest BCUT2D eigenvalue weighted by molar-refractivity contribution is 6.31. The fourth-order valence-electron chi connectivity index (χ4n) is 3.58. The molecule has 1 heterocycles. The number of nitrogens with zero attached hydrogens (tertiary/aromatic N) is 2. The van der Waals surface area contributed by atoms with E-state index < -0.39 is 0 Å². The molecule has 0 spiro atoms. The van der Waals surface area contributed by atoms with Gasteiger partial charge >= 0.3 is 0 Å². The van der Waals surface area contributed by atoms with Gasteiger partial charge in [0.1, 0.15) is 0 Å². The van der Waals surface area contributed by atoms with E-state index in [1.165, 1.54) is 6.42 Å². The molecule has 0 aliphatic rings. The molecule has 0 amide bonds. The standard InChI is InChI=1S/C24H30ClN3/c1-4-28(5-2)15-9-10-18(3)26-24-17-22(19-11-7-6-8-12-19)27-23-16-20(25)13-14-21(23)24/h6-8,11-14,16-18H,4-5,9-10,15H2,1-3H3,(H,26,27)/t18-/m0/s1. The minimum Gasteiger partial charge on any atom is -0.382 e. The van der Waals surface area contributed by atoms with Crippen molar-refractivity contribution in [2.24, 2.45) is 0 Å². The molecular weight excluding hydrogens is 366 g/mol. The molecule has 0 bridgehead atoms. The highest BCUT2D eigenvalue weighted by Crippen LogP contribution is 2.30. The quantitative estimate of drug-likeness (QED) is 0.449. The van der Waals surface area contributed by atoms with Gasteiger partial charge in [0, 0.05) is 27.7 Å². The lowest BCUT2D eigenvalue weighted by molar-refractivity contribution is 0.295. The number of rotatable bonds is 9. The van der Waals surface area contributed by atoms with Crippen LogP contribution in [0.3, 0.4) is 0 Å². The van der Waals surface area contributed by atoms with Crippen molar-refractivity contribution in [3.63, 3.8) is 0 Å². The maximum absolute atomic E-state index is 6.24. The summed E-state index contributed by atoms with van der Waals surface area (Å²) in [4.78, 5) is 7.33. The van der Waals surface area contributed by atoms with Crippen LogP contribution in [0.4, 0.5) is 5.69 Å². The summed E-state index contributed by atoms with van der Waals surface area (Å²) >= 11 is 6.24. The Morgan fingerprint density at radius 2 is 1.79 bits per heavy atom. The maximum atomic E-state index is 6.24. The van der Waals surface area contributed by atoms with E-state index in [1.807, 2.05) is 30.3 Å². The second kappa shape index (κ2) is 9.90. The molecule has 148 valence electrons. The summed E-state index contributed by atoms with van der Waals surface area (Å²) in [6.07, 6.45) is 2.32. The normalized spacial score (nSPS) is 12.5. The molecule has 1 N–H and O–H groups in total. The molecule has 0 saturated heterocycles. The van der Waals surface area contributed by atoms with Gasteiger partial charge in [0.15, 0.2) is 0 Å². The average Bonchev–Trinajstić information content (AvgIpc) is 2.71. The van der Waals surface area contributed by atoms with Gasteiger partial charge in [-0.1, -0.05) is 55.8 Å². The number of hydrogen-bond donors (Lipinski definition) is 1. The Labute approximate surface area is 173 Å². The summed E-state index contributed by atoms with van der Waals surface area (Å²) in [6, 6.07) is 18.8. The smallest absolute Gasteiger partial charge is 0.0745 e. The number of anilines is 1. The molecule has 0 unspecified atom stereocenters. The SMILES string of the molecule is CCN(CC)CCC[C@H](C)Nc1cc(-c2ccccc2)nc2cc(Cl)ccc12. The number of benzene rings is 2. The largest absolute Gasteiger partial charge is 0.382 e. The molecule has 0 radical (unpaired) electrons. The van der Waals surface area contributed by atoms with Gasteiger partial charge in [0.25, 0.3) is 0 Å². The Bertz CT molecular complexity index is 891. The Balaban J connectivity index is 1.83. The molecular formula is C24H30ClN3. The molecule has 0 aliphatic carbocycles. The Kier molecular flexibility index (Phi) is 7.30. The predicted octanol–water partition coefficient (Wildman–Crippen LogP) is 6.48. The average molecular weight is 396 g/mol. The zero-order chi connectivity index (χ0) is 19.9. The van der Waals surface area contributed by atoms with Gasteiger partial charge in [0.05, 0.1) is 11.2 Å². The fourth-order valence-corrected chi connectivity index (χ4v) is 3.74. The van der Waals surface area contributed by atoms with Gasteiger partial charge in [-0.05, 0) is 63.7 Å². The summed E-state index contributed by atoms with van der Waals surface area (Å²) in [7, 11) is 0. The number of nitrogens with one attached hydrogen (secondary N) is 1. The van der Waals surface area contributed by atoms with Crippen molar-refractivity contribution in [3.05, 3.63) is 59.6 Å². The van der Waals surface area contributed by atoms with E-state index in [-0.39, 0.29) is 0 Å². The summed E-state index contributed by atoms with van der Waals surface area (Å²) in [5, 5.41) is 5.54. The Morgan fingerprint density at radius 1 is 1.04 bits per heavy atom. The van der Waals surface area contributed by atoms with Crippen LogP contribution in [0.25, 0.3) is 22.2 Å². The van der Waals surface area contributed by atoms with E-state index in [2.05, 4.69) is 55.3 Å². The summed E-state index contributed by atoms with van der Waals surface area (Å²) < 4.78 is 0. The number of pyridine rings is 1. The molecule has 2 aromatic carbocycles. The Hall–Kier alpha value is -2.10. The first kappa shape index (κ1) is 20.6. The molecule has 3 aromatic rings. The molecule has 0 fully saturated rings. The number of halogens is 1. The van der Waals surface area contributed by atoms with Crippen LogP contribution in [0.1, 0.15) is 33.6 Å². The van der Waals surface area contributed by atoms with Crippen LogP contribution in [0.15, 0.2) is 54.6 Å². The van der Waals surface area contributed by atoms with Crippen LogP contribution in [-0.2, 0) is 0 Å². The predicted molar refractivity (Wildman–Crippen MR) is 122 cm³/mol. The van der Waals surface area contributed by atoms with Crippen molar-refractivity contribution in [2.75, 3.05) is 25.0 Å². The lowest BCUT2D eigenvalue weighted by Gasteiger charge is -2.21. The lowest BCUT2D eigenvalue weighted by atomic mass is 10.1. The fraction of sp³-hybridized carbons (Fsp3) is 0.375. The highest BCUT2D eigenvalue weighted by atomic mass is 35.5. The number of hydrogen-bond acceptors (Lipinski definition) is 3. The van der Waals surface area contributed by atoms with Gasteiger partial charge in [-0.3, -0.25) is 0 Å². The summed E-state index contributed by atoms with van der Waals surface area (Å²) in [5.74, 6) is 0. The molecule has 1 aromatic heterocycles. The van der Waals surface area contributed by atoms with Gasteiger partial charge in [-0.2, -0.15) is 0 Å². The van der Waals surface area contributed by atoms with E-state index in [9.17, 15) is 0 Å². The molecule has 3 nitrogen and oxygen atoms in total. The van der Waals surface area contributed by atoms with Crippen molar-refractivity contribution >= 4 is 28.2 Å². The van der Waals surface area contributed by atoms with Gasteiger partial charge < -0.3 is 10.2 Å². The minimum absolute atomic E-state index is 0.389. The van der Waals surface area contributed by atoms with E-state index >= 15 is 0 Å². The van der Waals surface area contributed by atoms with Crippen LogP contribution in [0, 0.1) is 0 Å². The second-order valence-corrected chi connectivity index (χ2v) is 7.73. The third kappa shape index (κ3) is 5.24. The summed E-state index contributed by atoms with van der Waals surface area (Å²) in [5.41, 5.74) is 4.12. The summed E-state index contributed by atoms with van der Waals surface area (Å²) in [6.45, 7) is 10.1. The molecule has 3 rings (SSSR count).